The second-order valence-corrected chi connectivity index (χ2v) is 6.28. The Morgan fingerprint density at radius 2 is 1.90 bits per heavy atom. The molecule has 1 nitrogen and oxygen atoms in total. The van der Waals surface area contributed by atoms with Crippen LogP contribution < -0.4 is 5.32 Å². The highest BCUT2D eigenvalue weighted by Crippen LogP contribution is 2.29. The van der Waals surface area contributed by atoms with Crippen LogP contribution in [-0.4, -0.2) is 6.54 Å². The molecule has 20 heavy (non-hydrogen) atoms. The van der Waals surface area contributed by atoms with Gasteiger partial charge in [0, 0.05) is 10.5 Å². The van der Waals surface area contributed by atoms with E-state index in [0.29, 0.717) is 10.0 Å². The van der Waals surface area contributed by atoms with Crippen LogP contribution in [-0.2, 0) is 6.42 Å². The summed E-state index contributed by atoms with van der Waals surface area (Å²) in [6, 6.07) is 14.3. The van der Waals surface area contributed by atoms with Crippen molar-refractivity contribution < 1.29 is 0 Å². The molecular formula is C16H16BrCl2N. The third kappa shape index (κ3) is 3.98. The van der Waals surface area contributed by atoms with E-state index in [1.807, 2.05) is 30.3 Å². The summed E-state index contributed by atoms with van der Waals surface area (Å²) in [5.41, 5.74) is 2.29. The lowest BCUT2D eigenvalue weighted by Gasteiger charge is -2.19. The van der Waals surface area contributed by atoms with Crippen molar-refractivity contribution in [1.82, 2.24) is 5.32 Å². The van der Waals surface area contributed by atoms with Crippen LogP contribution >= 0.6 is 39.1 Å². The van der Waals surface area contributed by atoms with Crippen LogP contribution in [0.2, 0.25) is 10.0 Å². The van der Waals surface area contributed by atoms with Crippen molar-refractivity contribution >= 4 is 39.1 Å². The molecule has 1 N–H and O–H groups in total. The number of benzene rings is 2. The standard InChI is InChI=1S/C16H16BrCl2N/c1-2-20-15(11-5-3-7-13(17)9-11)10-12-6-4-8-14(18)16(12)19/h3-9,15,20H,2,10H2,1H3. The Morgan fingerprint density at radius 3 is 2.60 bits per heavy atom. The van der Waals surface area contributed by atoms with E-state index >= 15 is 0 Å². The molecule has 0 aliphatic rings. The molecule has 2 aromatic carbocycles. The maximum atomic E-state index is 6.29. The first-order valence-corrected chi connectivity index (χ1v) is 8.08. The van der Waals surface area contributed by atoms with Gasteiger partial charge in [0.05, 0.1) is 10.0 Å². The molecule has 0 amide bonds. The third-order valence-corrected chi connectivity index (χ3v) is 4.51. The van der Waals surface area contributed by atoms with E-state index in [2.05, 4.69) is 40.3 Å². The molecule has 0 saturated heterocycles. The van der Waals surface area contributed by atoms with Crippen molar-refractivity contribution in [2.24, 2.45) is 0 Å². The molecule has 1 unspecified atom stereocenters. The summed E-state index contributed by atoms with van der Waals surface area (Å²) < 4.78 is 1.08. The minimum atomic E-state index is 0.216. The monoisotopic (exact) mass is 371 g/mol. The van der Waals surface area contributed by atoms with Crippen molar-refractivity contribution in [1.29, 1.82) is 0 Å². The highest BCUT2D eigenvalue weighted by molar-refractivity contribution is 9.10. The van der Waals surface area contributed by atoms with Gasteiger partial charge in [-0.25, -0.2) is 0 Å². The second-order valence-electron chi connectivity index (χ2n) is 4.58. The van der Waals surface area contributed by atoms with Crippen molar-refractivity contribution in [2.75, 3.05) is 6.54 Å². The first-order chi connectivity index (χ1) is 9.61. The van der Waals surface area contributed by atoms with Crippen molar-refractivity contribution in [3.63, 3.8) is 0 Å². The molecule has 0 spiro atoms. The highest BCUT2D eigenvalue weighted by atomic mass is 79.9. The van der Waals surface area contributed by atoms with Gasteiger partial charge >= 0.3 is 0 Å². The van der Waals surface area contributed by atoms with Gasteiger partial charge in [0.15, 0.2) is 0 Å². The molecule has 1 atom stereocenters. The van der Waals surface area contributed by atoms with E-state index in [1.165, 1.54) is 5.56 Å². The molecule has 0 heterocycles. The zero-order valence-electron chi connectivity index (χ0n) is 11.2. The molecule has 2 aromatic rings. The van der Waals surface area contributed by atoms with E-state index in [-0.39, 0.29) is 6.04 Å². The quantitative estimate of drug-likeness (QED) is 0.714. The van der Waals surface area contributed by atoms with Gasteiger partial charge in [-0.3, -0.25) is 0 Å². The lowest BCUT2D eigenvalue weighted by molar-refractivity contribution is 0.549. The molecule has 0 saturated carbocycles. The van der Waals surface area contributed by atoms with Crippen molar-refractivity contribution in [3.05, 3.63) is 68.1 Å². The molecule has 0 aromatic heterocycles. The van der Waals surface area contributed by atoms with Crippen molar-refractivity contribution in [3.8, 4) is 0 Å². The van der Waals surface area contributed by atoms with Gasteiger partial charge in [0.1, 0.15) is 0 Å². The molecule has 2 rings (SSSR count). The van der Waals surface area contributed by atoms with Crippen LogP contribution in [0.25, 0.3) is 0 Å². The van der Waals surface area contributed by atoms with Crippen LogP contribution in [0.15, 0.2) is 46.9 Å². The van der Waals surface area contributed by atoms with Gasteiger partial charge in [-0.1, -0.05) is 70.3 Å². The Kier molecular flexibility index (Phi) is 5.91. The summed E-state index contributed by atoms with van der Waals surface area (Å²) in [4.78, 5) is 0. The van der Waals surface area contributed by atoms with Crippen LogP contribution in [0.1, 0.15) is 24.1 Å². The van der Waals surface area contributed by atoms with Crippen LogP contribution in [0, 0.1) is 0 Å². The average molecular weight is 373 g/mol. The zero-order chi connectivity index (χ0) is 14.5. The predicted molar refractivity (Wildman–Crippen MR) is 90.7 cm³/mol. The van der Waals surface area contributed by atoms with Gasteiger partial charge < -0.3 is 5.32 Å². The Bertz CT molecular complexity index is 586. The Balaban J connectivity index is 2.28. The van der Waals surface area contributed by atoms with Crippen LogP contribution in [0.4, 0.5) is 0 Å². The largest absolute Gasteiger partial charge is 0.310 e. The number of nitrogens with one attached hydrogen (secondary N) is 1. The molecular weight excluding hydrogens is 357 g/mol. The number of likely N-dealkylation sites (N-methyl/N-ethyl adjacent to an activating group) is 1. The normalized spacial score (nSPS) is 12.4. The third-order valence-electron chi connectivity index (χ3n) is 3.16. The van der Waals surface area contributed by atoms with E-state index in [1.54, 1.807) is 0 Å². The number of rotatable bonds is 5. The predicted octanol–water partition coefficient (Wildman–Crippen LogP) is 5.65. The molecule has 0 fully saturated rings. The summed E-state index contributed by atoms with van der Waals surface area (Å²) in [6.07, 6.45) is 0.809. The summed E-state index contributed by atoms with van der Waals surface area (Å²) in [7, 11) is 0. The van der Waals surface area contributed by atoms with Gasteiger partial charge in [0.2, 0.25) is 0 Å². The molecule has 0 aliphatic carbocycles. The average Bonchev–Trinajstić information content (AvgIpc) is 2.43. The molecule has 0 aliphatic heterocycles. The summed E-state index contributed by atoms with van der Waals surface area (Å²) >= 11 is 15.9. The molecule has 106 valence electrons. The smallest absolute Gasteiger partial charge is 0.0624 e. The van der Waals surface area contributed by atoms with Crippen molar-refractivity contribution in [2.45, 2.75) is 19.4 Å². The number of halogens is 3. The fourth-order valence-corrected chi connectivity index (χ4v) is 3.02. The lowest BCUT2D eigenvalue weighted by Crippen LogP contribution is -2.23. The fraction of sp³-hybridized carbons (Fsp3) is 0.250. The molecule has 0 radical (unpaired) electrons. The summed E-state index contributed by atoms with van der Waals surface area (Å²) in [5.74, 6) is 0. The summed E-state index contributed by atoms with van der Waals surface area (Å²) in [6.45, 7) is 3.00. The minimum absolute atomic E-state index is 0.216. The van der Waals surface area contributed by atoms with E-state index in [9.17, 15) is 0 Å². The van der Waals surface area contributed by atoms with E-state index in [4.69, 9.17) is 23.2 Å². The highest BCUT2D eigenvalue weighted by Gasteiger charge is 2.14. The van der Waals surface area contributed by atoms with Gasteiger partial charge in [-0.15, -0.1) is 0 Å². The number of hydrogen-bond donors (Lipinski definition) is 1. The first kappa shape index (κ1) is 15.8. The molecule has 0 bridgehead atoms. The Morgan fingerprint density at radius 1 is 1.15 bits per heavy atom. The van der Waals surface area contributed by atoms with E-state index < -0.39 is 0 Å². The van der Waals surface area contributed by atoms with Gasteiger partial charge in [0.25, 0.3) is 0 Å². The molecule has 4 heteroatoms. The minimum Gasteiger partial charge on any atom is -0.310 e. The zero-order valence-corrected chi connectivity index (χ0v) is 14.3. The topological polar surface area (TPSA) is 12.0 Å². The first-order valence-electron chi connectivity index (χ1n) is 6.53. The SMILES string of the molecule is CCNC(Cc1cccc(Cl)c1Cl)c1cccc(Br)c1. The maximum absolute atomic E-state index is 6.29. The fourth-order valence-electron chi connectivity index (χ4n) is 2.20. The van der Waals surface area contributed by atoms with Gasteiger partial charge in [-0.2, -0.15) is 0 Å². The van der Waals surface area contributed by atoms with Crippen LogP contribution in [0.5, 0.6) is 0 Å². The Labute approximate surface area is 138 Å². The summed E-state index contributed by atoms with van der Waals surface area (Å²) in [5, 5.41) is 4.75. The van der Waals surface area contributed by atoms with Crippen LogP contribution in [0.3, 0.4) is 0 Å². The van der Waals surface area contributed by atoms with Gasteiger partial charge in [-0.05, 0) is 42.3 Å². The van der Waals surface area contributed by atoms with E-state index in [0.717, 1.165) is 23.0 Å². The number of hydrogen-bond acceptors (Lipinski definition) is 1. The Hall–Kier alpha value is -0.540. The maximum Gasteiger partial charge on any atom is 0.0624 e. The second kappa shape index (κ2) is 7.46. The lowest BCUT2D eigenvalue weighted by atomic mass is 9.99.